The van der Waals surface area contributed by atoms with Gasteiger partial charge in [0.25, 0.3) is 5.91 Å². The summed E-state index contributed by atoms with van der Waals surface area (Å²) in [6.07, 6.45) is 3.41. The fourth-order valence-electron chi connectivity index (χ4n) is 3.97. The molecule has 1 amide bonds. The number of carbonyl (C=O) groups excluding carboxylic acids is 1. The summed E-state index contributed by atoms with van der Waals surface area (Å²) in [6, 6.07) is 20.5. The van der Waals surface area contributed by atoms with Gasteiger partial charge < -0.3 is 9.88 Å². The highest BCUT2D eigenvalue weighted by Crippen LogP contribution is 2.27. The molecule has 2 aromatic carbocycles. The summed E-state index contributed by atoms with van der Waals surface area (Å²) in [5.74, 6) is -0.326. The van der Waals surface area contributed by atoms with E-state index in [9.17, 15) is 10.1 Å². The van der Waals surface area contributed by atoms with E-state index in [0.29, 0.717) is 6.54 Å². The minimum absolute atomic E-state index is 0.126. The molecule has 3 aromatic rings. The van der Waals surface area contributed by atoms with E-state index < -0.39 is 0 Å². The first kappa shape index (κ1) is 22.1. The zero-order valence-corrected chi connectivity index (χ0v) is 18.7. The lowest BCUT2D eigenvalue weighted by molar-refractivity contribution is -0.117. The van der Waals surface area contributed by atoms with E-state index in [0.717, 1.165) is 35.5 Å². The van der Waals surface area contributed by atoms with Gasteiger partial charge in [-0.05, 0) is 74.9 Å². The molecular formula is C27H29N3O. The highest BCUT2D eigenvalue weighted by Gasteiger charge is 2.15. The minimum atomic E-state index is -0.326. The van der Waals surface area contributed by atoms with Crippen LogP contribution in [-0.2, 0) is 11.2 Å². The average Bonchev–Trinajstić information content (AvgIpc) is 3.03. The lowest BCUT2D eigenvalue weighted by atomic mass is 10.1. The van der Waals surface area contributed by atoms with Gasteiger partial charge in [0.1, 0.15) is 11.6 Å². The van der Waals surface area contributed by atoms with E-state index in [1.165, 1.54) is 16.7 Å². The molecule has 0 aliphatic heterocycles. The van der Waals surface area contributed by atoms with Crippen LogP contribution in [0.3, 0.4) is 0 Å². The lowest BCUT2D eigenvalue weighted by Gasteiger charge is -2.15. The maximum Gasteiger partial charge on any atom is 0.261 e. The molecule has 0 bridgehead atoms. The summed E-state index contributed by atoms with van der Waals surface area (Å²) in [4.78, 5) is 12.6. The van der Waals surface area contributed by atoms with Crippen molar-refractivity contribution in [1.29, 1.82) is 5.26 Å². The Bertz CT molecular complexity index is 1130. The number of hydrogen-bond donors (Lipinski definition) is 1. The van der Waals surface area contributed by atoms with Crippen molar-refractivity contribution in [2.24, 2.45) is 0 Å². The highest BCUT2D eigenvalue weighted by atomic mass is 16.1. The van der Waals surface area contributed by atoms with Gasteiger partial charge in [0.05, 0.1) is 5.69 Å². The largest absolute Gasteiger partial charge is 0.351 e. The maximum absolute atomic E-state index is 12.6. The van der Waals surface area contributed by atoms with Gasteiger partial charge in [-0.15, -0.1) is 0 Å². The van der Waals surface area contributed by atoms with Crippen LogP contribution in [0.1, 0.15) is 40.1 Å². The lowest BCUT2D eigenvalue weighted by Crippen LogP contribution is -2.25. The van der Waals surface area contributed by atoms with Gasteiger partial charge in [0, 0.05) is 17.9 Å². The number of nitrogens with one attached hydrogen (secondary N) is 1. The van der Waals surface area contributed by atoms with E-state index in [-0.39, 0.29) is 11.5 Å². The number of carbonyl (C=O) groups is 1. The normalized spacial score (nSPS) is 11.3. The SMILES string of the molecule is Cc1cccc(C)c1-n1c(C)cc(/C=C(/C#N)C(=O)NCCCc2ccccc2)c1C. The fraction of sp³-hybridized carbons (Fsp3) is 0.259. The molecule has 1 N–H and O–H groups in total. The second-order valence-corrected chi connectivity index (χ2v) is 7.92. The van der Waals surface area contributed by atoms with E-state index in [2.05, 4.69) is 60.1 Å². The molecule has 1 aromatic heterocycles. The molecule has 0 aliphatic rings. The molecule has 0 saturated heterocycles. The summed E-state index contributed by atoms with van der Waals surface area (Å²) in [5.41, 5.74) is 7.87. The number of para-hydroxylation sites is 1. The standard InChI is InChI=1S/C27H29N3O/c1-19-10-8-11-20(2)26(19)30-21(3)16-24(22(30)4)17-25(18-28)27(31)29-15-9-14-23-12-6-5-7-13-23/h5-8,10-13,16-17H,9,14-15H2,1-4H3,(H,29,31)/b25-17-. The van der Waals surface area contributed by atoms with Crippen molar-refractivity contribution in [3.63, 3.8) is 0 Å². The Morgan fingerprint density at radius 2 is 1.71 bits per heavy atom. The van der Waals surface area contributed by atoms with Gasteiger partial charge in [0.2, 0.25) is 0 Å². The Balaban J connectivity index is 1.75. The molecule has 1 heterocycles. The Kier molecular flexibility index (Phi) is 7.10. The quantitative estimate of drug-likeness (QED) is 0.323. The number of hydrogen-bond acceptors (Lipinski definition) is 2. The number of aryl methyl sites for hydroxylation is 4. The molecule has 0 spiro atoms. The zero-order valence-electron chi connectivity index (χ0n) is 18.7. The number of benzene rings is 2. The van der Waals surface area contributed by atoms with Crippen LogP contribution in [0, 0.1) is 39.0 Å². The van der Waals surface area contributed by atoms with Crippen molar-refractivity contribution in [3.05, 3.63) is 93.8 Å². The molecule has 4 heteroatoms. The summed E-state index contributed by atoms with van der Waals surface area (Å²) >= 11 is 0. The van der Waals surface area contributed by atoms with Gasteiger partial charge >= 0.3 is 0 Å². The molecule has 0 fully saturated rings. The van der Waals surface area contributed by atoms with Gasteiger partial charge in [-0.3, -0.25) is 4.79 Å². The topological polar surface area (TPSA) is 57.8 Å². The third-order valence-electron chi connectivity index (χ3n) is 5.57. The van der Waals surface area contributed by atoms with Crippen molar-refractivity contribution in [3.8, 4) is 11.8 Å². The smallest absolute Gasteiger partial charge is 0.261 e. The van der Waals surface area contributed by atoms with Crippen LogP contribution in [0.5, 0.6) is 0 Å². The van der Waals surface area contributed by atoms with E-state index >= 15 is 0 Å². The molecular weight excluding hydrogens is 382 g/mol. The van der Waals surface area contributed by atoms with Crippen molar-refractivity contribution < 1.29 is 4.79 Å². The number of rotatable bonds is 7. The molecule has 0 saturated carbocycles. The van der Waals surface area contributed by atoms with E-state index in [1.54, 1.807) is 6.08 Å². The monoisotopic (exact) mass is 411 g/mol. The van der Waals surface area contributed by atoms with Gasteiger partial charge in [-0.1, -0.05) is 48.5 Å². The molecule has 158 valence electrons. The fourth-order valence-corrected chi connectivity index (χ4v) is 3.97. The van der Waals surface area contributed by atoms with Crippen LogP contribution in [0.2, 0.25) is 0 Å². The van der Waals surface area contributed by atoms with Crippen LogP contribution >= 0.6 is 0 Å². The molecule has 0 radical (unpaired) electrons. The summed E-state index contributed by atoms with van der Waals surface area (Å²) in [7, 11) is 0. The Hall–Kier alpha value is -3.58. The number of aromatic nitrogens is 1. The van der Waals surface area contributed by atoms with Crippen molar-refractivity contribution in [2.45, 2.75) is 40.5 Å². The van der Waals surface area contributed by atoms with Crippen LogP contribution in [0.15, 0.2) is 60.2 Å². The van der Waals surface area contributed by atoms with Crippen molar-refractivity contribution >= 4 is 12.0 Å². The van der Waals surface area contributed by atoms with Gasteiger partial charge in [-0.2, -0.15) is 5.26 Å². The van der Waals surface area contributed by atoms with E-state index in [1.807, 2.05) is 38.1 Å². The van der Waals surface area contributed by atoms with E-state index in [4.69, 9.17) is 0 Å². The first-order valence-electron chi connectivity index (χ1n) is 10.6. The second-order valence-electron chi connectivity index (χ2n) is 7.92. The average molecular weight is 412 g/mol. The summed E-state index contributed by atoms with van der Waals surface area (Å²) in [5, 5.41) is 12.5. The number of amides is 1. The first-order chi connectivity index (χ1) is 14.9. The predicted octanol–water partition coefficient (Wildman–Crippen LogP) is 5.37. The van der Waals surface area contributed by atoms with Gasteiger partial charge in [0.15, 0.2) is 0 Å². The Morgan fingerprint density at radius 3 is 2.35 bits per heavy atom. The molecule has 3 rings (SSSR count). The van der Waals surface area contributed by atoms with Crippen LogP contribution < -0.4 is 5.32 Å². The Morgan fingerprint density at radius 1 is 1.03 bits per heavy atom. The maximum atomic E-state index is 12.6. The van der Waals surface area contributed by atoms with Crippen LogP contribution in [0.25, 0.3) is 11.8 Å². The van der Waals surface area contributed by atoms with Crippen molar-refractivity contribution in [1.82, 2.24) is 9.88 Å². The molecule has 0 atom stereocenters. The minimum Gasteiger partial charge on any atom is -0.351 e. The van der Waals surface area contributed by atoms with Crippen LogP contribution in [0.4, 0.5) is 0 Å². The molecule has 31 heavy (non-hydrogen) atoms. The summed E-state index contributed by atoms with van der Waals surface area (Å²) in [6.45, 7) is 8.80. The van der Waals surface area contributed by atoms with Crippen LogP contribution in [-0.4, -0.2) is 17.0 Å². The molecule has 0 unspecified atom stereocenters. The number of nitrogens with zero attached hydrogens (tertiary/aromatic N) is 2. The first-order valence-corrected chi connectivity index (χ1v) is 10.6. The Labute approximate surface area is 184 Å². The third kappa shape index (κ3) is 5.13. The highest BCUT2D eigenvalue weighted by molar-refractivity contribution is 6.01. The van der Waals surface area contributed by atoms with Gasteiger partial charge in [-0.25, -0.2) is 0 Å². The molecule has 0 aliphatic carbocycles. The zero-order chi connectivity index (χ0) is 22.4. The summed E-state index contributed by atoms with van der Waals surface area (Å²) < 4.78 is 2.20. The third-order valence-corrected chi connectivity index (χ3v) is 5.57. The number of nitriles is 1. The second kappa shape index (κ2) is 9.95. The predicted molar refractivity (Wildman–Crippen MR) is 126 cm³/mol. The van der Waals surface area contributed by atoms with Crippen molar-refractivity contribution in [2.75, 3.05) is 6.54 Å². The molecule has 4 nitrogen and oxygen atoms in total.